The maximum Gasteiger partial charge on any atom is 0.346 e. The molecule has 1 N–H and O–H groups in total. The minimum absolute atomic E-state index is 0.0429. The first-order valence-corrected chi connectivity index (χ1v) is 13.6. The van der Waals surface area contributed by atoms with Crippen LogP contribution in [0, 0.1) is 18.3 Å². The van der Waals surface area contributed by atoms with E-state index in [9.17, 15) is 14.7 Å². The topological polar surface area (TPSA) is 91.3 Å². The van der Waals surface area contributed by atoms with E-state index in [4.69, 9.17) is 30.5 Å². The normalized spacial score (nSPS) is 17.2. The van der Waals surface area contributed by atoms with Crippen molar-refractivity contribution in [3.8, 4) is 23.0 Å². The van der Waals surface area contributed by atoms with Crippen LogP contribution in [0.1, 0.15) is 86.0 Å². The number of benzene rings is 2. The standard InChI is InChI=1S/C28H32BrClO7/c1-14(2)12-18(31)16-8-9-19-20(23(16)34-5)26(32)35-13-17-22(30)15(3)21(29)25(24(17)36-19)37-27(33)28(4)10-6-7-11-28/h8-9,14,18,31H,6-7,10-13H2,1-5H3/t18-/m0/s1. The minimum Gasteiger partial charge on any atom is -0.495 e. The van der Waals surface area contributed by atoms with Crippen molar-refractivity contribution >= 4 is 39.5 Å². The first-order chi connectivity index (χ1) is 17.5. The number of hydrogen-bond acceptors (Lipinski definition) is 7. The molecule has 1 fully saturated rings. The van der Waals surface area contributed by atoms with Crippen molar-refractivity contribution in [3.63, 3.8) is 0 Å². The molecular weight excluding hydrogens is 564 g/mol. The number of aliphatic hydroxyl groups is 1. The fourth-order valence-corrected chi connectivity index (χ4v) is 5.78. The van der Waals surface area contributed by atoms with Gasteiger partial charge in [-0.3, -0.25) is 4.79 Å². The Bertz CT molecular complexity index is 1230. The van der Waals surface area contributed by atoms with Gasteiger partial charge in [0.2, 0.25) is 0 Å². The summed E-state index contributed by atoms with van der Waals surface area (Å²) >= 11 is 10.2. The second kappa shape index (κ2) is 10.8. The van der Waals surface area contributed by atoms with Gasteiger partial charge in [-0.15, -0.1) is 0 Å². The number of ether oxygens (including phenoxy) is 4. The van der Waals surface area contributed by atoms with Gasteiger partial charge in [-0.1, -0.05) is 38.3 Å². The van der Waals surface area contributed by atoms with E-state index >= 15 is 0 Å². The lowest BCUT2D eigenvalue weighted by molar-refractivity contribution is -0.144. The molecule has 0 aromatic heterocycles. The monoisotopic (exact) mass is 594 g/mol. The molecule has 2 aliphatic rings. The highest BCUT2D eigenvalue weighted by molar-refractivity contribution is 9.10. The number of hydrogen-bond donors (Lipinski definition) is 1. The molecule has 0 radical (unpaired) electrons. The highest BCUT2D eigenvalue weighted by Gasteiger charge is 2.40. The number of esters is 2. The molecule has 1 saturated carbocycles. The van der Waals surface area contributed by atoms with Crippen LogP contribution in [0.5, 0.6) is 23.0 Å². The van der Waals surface area contributed by atoms with E-state index in [-0.39, 0.29) is 47.1 Å². The predicted octanol–water partition coefficient (Wildman–Crippen LogP) is 7.45. The molecule has 0 spiro atoms. The fraction of sp³-hybridized carbons (Fsp3) is 0.500. The third kappa shape index (κ3) is 5.20. The number of halogens is 2. The molecule has 7 nitrogen and oxygen atoms in total. The van der Waals surface area contributed by atoms with Crippen molar-refractivity contribution in [2.45, 2.75) is 72.5 Å². The Kier molecular flexibility index (Phi) is 8.12. The van der Waals surface area contributed by atoms with E-state index in [1.807, 2.05) is 20.8 Å². The van der Waals surface area contributed by atoms with Crippen LogP contribution in [0.2, 0.25) is 5.02 Å². The van der Waals surface area contributed by atoms with Gasteiger partial charge in [0.15, 0.2) is 11.5 Å². The van der Waals surface area contributed by atoms with E-state index in [0.29, 0.717) is 32.6 Å². The maximum absolute atomic E-state index is 13.3. The van der Waals surface area contributed by atoms with Crippen molar-refractivity contribution in [1.29, 1.82) is 0 Å². The smallest absolute Gasteiger partial charge is 0.346 e. The van der Waals surface area contributed by atoms with Gasteiger partial charge in [0.1, 0.15) is 23.7 Å². The molecule has 0 unspecified atom stereocenters. The lowest BCUT2D eigenvalue weighted by Gasteiger charge is -2.27. The van der Waals surface area contributed by atoms with E-state index in [0.717, 1.165) is 25.7 Å². The molecular formula is C28H32BrClO7. The first kappa shape index (κ1) is 27.7. The average molecular weight is 596 g/mol. The van der Waals surface area contributed by atoms with Crippen LogP contribution < -0.4 is 14.2 Å². The van der Waals surface area contributed by atoms with Crippen LogP contribution in [-0.2, 0) is 16.1 Å². The Morgan fingerprint density at radius 1 is 1.24 bits per heavy atom. The van der Waals surface area contributed by atoms with E-state index in [2.05, 4.69) is 15.9 Å². The molecule has 37 heavy (non-hydrogen) atoms. The zero-order valence-electron chi connectivity index (χ0n) is 21.7. The number of carbonyl (C=O) groups is 2. The zero-order chi connectivity index (χ0) is 27.1. The van der Waals surface area contributed by atoms with Gasteiger partial charge in [0.25, 0.3) is 0 Å². The lowest BCUT2D eigenvalue weighted by Crippen LogP contribution is -2.29. The van der Waals surface area contributed by atoms with Gasteiger partial charge in [0, 0.05) is 5.56 Å². The van der Waals surface area contributed by atoms with E-state index < -0.39 is 17.5 Å². The van der Waals surface area contributed by atoms with Gasteiger partial charge < -0.3 is 24.1 Å². The van der Waals surface area contributed by atoms with Gasteiger partial charge in [-0.05, 0) is 72.7 Å². The largest absolute Gasteiger partial charge is 0.495 e. The van der Waals surface area contributed by atoms with Crippen LogP contribution in [0.4, 0.5) is 0 Å². The molecule has 2 aromatic rings. The summed E-state index contributed by atoms with van der Waals surface area (Å²) in [6.45, 7) is 7.48. The van der Waals surface area contributed by atoms with Gasteiger partial charge in [0.05, 0.1) is 33.7 Å². The highest BCUT2D eigenvalue weighted by atomic mass is 79.9. The van der Waals surface area contributed by atoms with Gasteiger partial charge >= 0.3 is 11.9 Å². The quantitative estimate of drug-likeness (QED) is 0.274. The van der Waals surface area contributed by atoms with Crippen molar-refractivity contribution in [3.05, 3.63) is 43.9 Å². The molecule has 0 bridgehead atoms. The number of rotatable bonds is 6. The van der Waals surface area contributed by atoms with Crippen LogP contribution in [0.25, 0.3) is 0 Å². The van der Waals surface area contributed by atoms with E-state index in [1.165, 1.54) is 7.11 Å². The number of cyclic esters (lactones) is 1. The lowest BCUT2D eigenvalue weighted by atomic mass is 9.89. The molecule has 0 amide bonds. The van der Waals surface area contributed by atoms with Crippen LogP contribution in [0.3, 0.4) is 0 Å². The zero-order valence-corrected chi connectivity index (χ0v) is 24.0. The Hall–Kier alpha value is -2.29. The van der Waals surface area contributed by atoms with Crippen molar-refractivity contribution < 1.29 is 33.6 Å². The molecule has 0 saturated heterocycles. The minimum atomic E-state index is -0.847. The Balaban J connectivity index is 1.85. The summed E-state index contributed by atoms with van der Waals surface area (Å²) in [5.74, 6) is -0.121. The number of carbonyl (C=O) groups excluding carboxylic acids is 2. The van der Waals surface area contributed by atoms with Crippen LogP contribution in [0.15, 0.2) is 16.6 Å². The summed E-state index contributed by atoms with van der Waals surface area (Å²) in [6.07, 6.45) is 3.07. The predicted molar refractivity (Wildman–Crippen MR) is 143 cm³/mol. The van der Waals surface area contributed by atoms with Crippen molar-refractivity contribution in [1.82, 2.24) is 0 Å². The summed E-state index contributed by atoms with van der Waals surface area (Å²) in [5.41, 5.74) is 0.936. The van der Waals surface area contributed by atoms with Crippen LogP contribution in [-0.4, -0.2) is 24.2 Å². The highest BCUT2D eigenvalue weighted by Crippen LogP contribution is 2.51. The first-order valence-electron chi connectivity index (χ1n) is 12.4. The third-order valence-electron chi connectivity index (χ3n) is 7.17. The second-order valence-electron chi connectivity index (χ2n) is 10.4. The Labute approximate surface area is 230 Å². The second-order valence-corrected chi connectivity index (χ2v) is 11.6. The summed E-state index contributed by atoms with van der Waals surface area (Å²) in [5, 5.41) is 11.1. The molecule has 4 rings (SSSR count). The number of methoxy groups -OCH3 is 1. The van der Waals surface area contributed by atoms with Crippen LogP contribution >= 0.6 is 27.5 Å². The Morgan fingerprint density at radius 3 is 2.54 bits per heavy atom. The van der Waals surface area contributed by atoms with E-state index in [1.54, 1.807) is 19.1 Å². The van der Waals surface area contributed by atoms with Gasteiger partial charge in [-0.2, -0.15) is 0 Å². The molecule has 200 valence electrons. The Morgan fingerprint density at radius 2 is 1.92 bits per heavy atom. The molecule has 1 heterocycles. The molecule has 1 atom stereocenters. The SMILES string of the molecule is COc1c([C@@H](O)CC(C)C)ccc2c1C(=O)OCc1c(Cl)c(C)c(Br)c(OC(=O)C3(C)CCCC3)c1O2. The van der Waals surface area contributed by atoms with Gasteiger partial charge in [-0.25, -0.2) is 4.79 Å². The maximum atomic E-state index is 13.3. The third-order valence-corrected chi connectivity index (χ3v) is 8.64. The molecule has 9 heteroatoms. The number of aliphatic hydroxyl groups excluding tert-OH is 1. The molecule has 1 aliphatic carbocycles. The average Bonchev–Trinajstić information content (AvgIpc) is 3.30. The summed E-state index contributed by atoms with van der Waals surface area (Å²) in [6, 6.07) is 3.24. The summed E-state index contributed by atoms with van der Waals surface area (Å²) in [4.78, 5) is 26.5. The van der Waals surface area contributed by atoms with Crippen molar-refractivity contribution in [2.75, 3.05) is 7.11 Å². The number of fused-ring (bicyclic) bond motifs is 2. The molecule has 2 aromatic carbocycles. The molecule has 1 aliphatic heterocycles. The van der Waals surface area contributed by atoms with Crippen molar-refractivity contribution in [2.24, 2.45) is 11.3 Å². The summed E-state index contributed by atoms with van der Waals surface area (Å²) < 4.78 is 24.0. The fourth-order valence-electron chi connectivity index (χ4n) is 4.97. The summed E-state index contributed by atoms with van der Waals surface area (Å²) in [7, 11) is 1.42.